The summed E-state index contributed by atoms with van der Waals surface area (Å²) in [6, 6.07) is 13.4. The molecule has 1 saturated heterocycles. The van der Waals surface area contributed by atoms with Crippen LogP contribution in [0.1, 0.15) is 58.7 Å². The summed E-state index contributed by atoms with van der Waals surface area (Å²) in [7, 11) is 0. The zero-order chi connectivity index (χ0) is 27.4. The molecule has 2 aliphatic rings. The summed E-state index contributed by atoms with van der Waals surface area (Å²) >= 11 is 0. The lowest BCUT2D eigenvalue weighted by Crippen LogP contribution is -2.06. The number of rotatable bonds is 4. The molecule has 5 heterocycles. The molecule has 202 valence electrons. The van der Waals surface area contributed by atoms with Gasteiger partial charge in [0.2, 0.25) is 0 Å². The van der Waals surface area contributed by atoms with E-state index in [-0.39, 0.29) is 24.2 Å². The Bertz CT molecular complexity index is 1860. The standard InChI is InChI=1S/C30H24F2N4O4/c1-16(29-34-30(37)40-35-29)27-22-4-2-17(10-19(22)15-39-25-12-20(31)3-5-23(25)27)11-24-28(18-7-9-38-14-18)33-26-13-21(32)6-8-36(24)26/h2-6,8,10,12-13,18H,7,9,11,14-15H2,1H3,(H,34,35,37)/b27-16-. The van der Waals surface area contributed by atoms with E-state index in [4.69, 9.17) is 19.0 Å². The van der Waals surface area contributed by atoms with Crippen LogP contribution in [0.3, 0.4) is 0 Å². The first kappa shape index (κ1) is 24.5. The maximum atomic E-state index is 14.2. The average molecular weight is 543 g/mol. The Balaban J connectivity index is 1.35. The molecule has 2 aliphatic heterocycles. The van der Waals surface area contributed by atoms with Crippen LogP contribution in [0.4, 0.5) is 8.78 Å². The van der Waals surface area contributed by atoms with Gasteiger partial charge in [-0.1, -0.05) is 23.4 Å². The van der Waals surface area contributed by atoms with Gasteiger partial charge in [-0.05, 0) is 53.8 Å². The molecule has 0 spiro atoms. The monoisotopic (exact) mass is 542 g/mol. The van der Waals surface area contributed by atoms with Gasteiger partial charge in [0, 0.05) is 48.4 Å². The number of imidazole rings is 1. The van der Waals surface area contributed by atoms with Crippen molar-refractivity contribution in [1.29, 1.82) is 0 Å². The third-order valence-electron chi connectivity index (χ3n) is 7.61. The molecule has 0 saturated carbocycles. The smallest absolute Gasteiger partial charge is 0.439 e. The van der Waals surface area contributed by atoms with Crippen molar-refractivity contribution >= 4 is 16.8 Å². The summed E-state index contributed by atoms with van der Waals surface area (Å²) < 4.78 is 46.6. The molecule has 5 aromatic rings. The van der Waals surface area contributed by atoms with Gasteiger partial charge in [-0.15, -0.1) is 0 Å². The minimum absolute atomic E-state index is 0.147. The Kier molecular flexibility index (Phi) is 5.85. The number of benzene rings is 2. The average Bonchev–Trinajstić information content (AvgIpc) is 3.68. The van der Waals surface area contributed by atoms with Crippen molar-refractivity contribution in [2.45, 2.75) is 32.3 Å². The van der Waals surface area contributed by atoms with Gasteiger partial charge in [-0.3, -0.25) is 9.51 Å². The molecule has 1 atom stereocenters. The zero-order valence-corrected chi connectivity index (χ0v) is 21.5. The molecule has 0 amide bonds. The molecular weight excluding hydrogens is 518 g/mol. The lowest BCUT2D eigenvalue weighted by Gasteiger charge is -2.15. The third-order valence-corrected chi connectivity index (χ3v) is 7.61. The number of pyridine rings is 1. The Morgan fingerprint density at radius 2 is 1.95 bits per heavy atom. The van der Waals surface area contributed by atoms with E-state index in [0.29, 0.717) is 42.2 Å². The number of nitrogens with zero attached hydrogens (tertiary/aromatic N) is 3. The highest BCUT2D eigenvalue weighted by Crippen LogP contribution is 2.41. The van der Waals surface area contributed by atoms with Gasteiger partial charge in [-0.25, -0.2) is 18.6 Å². The van der Waals surface area contributed by atoms with Crippen LogP contribution < -0.4 is 10.5 Å². The van der Waals surface area contributed by atoms with E-state index < -0.39 is 11.6 Å². The number of nitrogens with one attached hydrogen (secondary N) is 1. The fraction of sp³-hybridized carbons (Fsp3) is 0.233. The molecule has 1 fully saturated rings. The number of halogens is 2. The van der Waals surface area contributed by atoms with Crippen LogP contribution in [0.2, 0.25) is 0 Å². The first-order valence-electron chi connectivity index (χ1n) is 13.0. The fourth-order valence-corrected chi connectivity index (χ4v) is 5.69. The summed E-state index contributed by atoms with van der Waals surface area (Å²) in [5.41, 5.74) is 7.34. The Morgan fingerprint density at radius 1 is 1.10 bits per heavy atom. The topological polar surface area (TPSA) is 94.7 Å². The Morgan fingerprint density at radius 3 is 2.75 bits per heavy atom. The SMILES string of the molecule is C/C(=C1\c2ccc(Cc3c(C4CCOC4)nc4cc(F)ccn34)cc2COc2cc(F)ccc21)c1noc(=O)[nH]1. The second-order valence-electron chi connectivity index (χ2n) is 10.1. The number of hydrogen-bond acceptors (Lipinski definition) is 6. The quantitative estimate of drug-likeness (QED) is 0.333. The molecule has 0 bridgehead atoms. The number of H-pyrrole nitrogens is 1. The lowest BCUT2D eigenvalue weighted by atomic mass is 9.89. The molecule has 0 radical (unpaired) electrons. The van der Waals surface area contributed by atoms with E-state index >= 15 is 0 Å². The van der Waals surface area contributed by atoms with Crippen molar-refractivity contribution in [3.05, 3.63) is 116 Å². The normalized spacial score (nSPS) is 17.8. The summed E-state index contributed by atoms with van der Waals surface area (Å²) in [4.78, 5) is 19.1. The molecule has 0 aliphatic carbocycles. The van der Waals surface area contributed by atoms with Gasteiger partial charge < -0.3 is 13.9 Å². The second kappa shape index (κ2) is 9.56. The van der Waals surface area contributed by atoms with Gasteiger partial charge in [-0.2, -0.15) is 0 Å². The maximum absolute atomic E-state index is 14.2. The van der Waals surface area contributed by atoms with Crippen LogP contribution >= 0.6 is 0 Å². The largest absolute Gasteiger partial charge is 0.488 e. The first-order chi connectivity index (χ1) is 19.4. The van der Waals surface area contributed by atoms with E-state index in [9.17, 15) is 13.6 Å². The van der Waals surface area contributed by atoms with E-state index in [1.807, 2.05) is 23.5 Å². The van der Waals surface area contributed by atoms with Crippen molar-refractivity contribution in [1.82, 2.24) is 19.5 Å². The van der Waals surface area contributed by atoms with Crippen LogP contribution in [0.25, 0.3) is 16.8 Å². The van der Waals surface area contributed by atoms with Crippen molar-refractivity contribution in [2.75, 3.05) is 13.2 Å². The summed E-state index contributed by atoms with van der Waals surface area (Å²) in [6.45, 7) is 3.30. The van der Waals surface area contributed by atoms with Crippen molar-refractivity contribution in [2.24, 2.45) is 0 Å². The van der Waals surface area contributed by atoms with E-state index in [1.54, 1.807) is 12.3 Å². The van der Waals surface area contributed by atoms with Crippen molar-refractivity contribution < 1.29 is 22.8 Å². The van der Waals surface area contributed by atoms with Crippen LogP contribution in [0, 0.1) is 11.6 Å². The summed E-state index contributed by atoms with van der Waals surface area (Å²) in [5.74, 6) is -0.581. The van der Waals surface area contributed by atoms with Crippen LogP contribution in [-0.2, 0) is 17.8 Å². The number of aromatic nitrogens is 4. The van der Waals surface area contributed by atoms with Gasteiger partial charge >= 0.3 is 5.76 Å². The number of fused-ring (bicyclic) bond motifs is 3. The fourth-order valence-electron chi connectivity index (χ4n) is 5.69. The molecule has 2 aromatic carbocycles. The predicted octanol–water partition coefficient (Wildman–Crippen LogP) is 5.25. The number of aromatic amines is 1. The number of hydrogen-bond donors (Lipinski definition) is 1. The number of ether oxygens (including phenoxy) is 2. The van der Waals surface area contributed by atoms with Gasteiger partial charge in [0.25, 0.3) is 0 Å². The molecule has 1 unspecified atom stereocenters. The van der Waals surface area contributed by atoms with Gasteiger partial charge in [0.15, 0.2) is 5.82 Å². The Hall–Kier alpha value is -4.57. The van der Waals surface area contributed by atoms with E-state index in [0.717, 1.165) is 40.1 Å². The van der Waals surface area contributed by atoms with Crippen LogP contribution in [-0.4, -0.2) is 32.7 Å². The second-order valence-corrected chi connectivity index (χ2v) is 10.1. The van der Waals surface area contributed by atoms with Crippen molar-refractivity contribution in [3.8, 4) is 5.75 Å². The molecule has 10 heteroatoms. The highest BCUT2D eigenvalue weighted by molar-refractivity contribution is 5.99. The highest BCUT2D eigenvalue weighted by atomic mass is 19.1. The third kappa shape index (κ3) is 4.21. The molecule has 40 heavy (non-hydrogen) atoms. The maximum Gasteiger partial charge on any atom is 0.439 e. The minimum atomic E-state index is -0.661. The van der Waals surface area contributed by atoms with E-state index in [1.165, 1.54) is 24.3 Å². The lowest BCUT2D eigenvalue weighted by molar-refractivity contribution is 0.193. The summed E-state index contributed by atoms with van der Waals surface area (Å²) in [6.07, 6.45) is 3.14. The predicted molar refractivity (Wildman–Crippen MR) is 142 cm³/mol. The first-order valence-corrected chi connectivity index (χ1v) is 13.0. The zero-order valence-electron chi connectivity index (χ0n) is 21.5. The molecule has 7 rings (SSSR count). The number of allylic oxidation sites excluding steroid dienone is 1. The Labute approximate surface area is 226 Å². The van der Waals surface area contributed by atoms with Crippen molar-refractivity contribution in [3.63, 3.8) is 0 Å². The molecular formula is C30H24F2N4O4. The van der Waals surface area contributed by atoms with Gasteiger partial charge in [0.1, 0.15) is 29.6 Å². The highest BCUT2D eigenvalue weighted by Gasteiger charge is 2.27. The summed E-state index contributed by atoms with van der Waals surface area (Å²) in [5, 5.41) is 3.87. The van der Waals surface area contributed by atoms with E-state index in [2.05, 4.69) is 16.2 Å². The van der Waals surface area contributed by atoms with Crippen LogP contribution in [0.5, 0.6) is 5.75 Å². The van der Waals surface area contributed by atoms with Gasteiger partial charge in [0.05, 0.1) is 18.0 Å². The molecule has 3 aromatic heterocycles. The van der Waals surface area contributed by atoms with Crippen LogP contribution in [0.15, 0.2) is 64.0 Å². The molecule has 1 N–H and O–H groups in total. The minimum Gasteiger partial charge on any atom is -0.488 e. The molecule has 8 nitrogen and oxygen atoms in total.